The van der Waals surface area contributed by atoms with E-state index in [0.717, 1.165) is 64.3 Å². The third-order valence-corrected chi connectivity index (χ3v) is 5.05. The normalized spacial score (nSPS) is 29.1. The Morgan fingerprint density at radius 1 is 1.18 bits per heavy atom. The maximum absolute atomic E-state index is 9.96. The minimum Gasteiger partial charge on any atom is -0.390 e. The Bertz CT molecular complexity index is 242. The van der Waals surface area contributed by atoms with E-state index in [0.29, 0.717) is 5.41 Å². The van der Waals surface area contributed by atoms with Gasteiger partial charge in [0, 0.05) is 32.8 Å². The Balaban J connectivity index is 1.87. The van der Waals surface area contributed by atoms with Crippen LogP contribution in [-0.4, -0.2) is 54.2 Å². The summed E-state index contributed by atoms with van der Waals surface area (Å²) in [5, 5.41) is 9.96. The SMILES string of the molecule is CC1(O)CCN(CC2(CS)CCOCC2)CC1. The van der Waals surface area contributed by atoms with Crippen LogP contribution in [0.5, 0.6) is 0 Å². The van der Waals surface area contributed by atoms with Gasteiger partial charge in [-0.3, -0.25) is 0 Å². The topological polar surface area (TPSA) is 32.7 Å². The van der Waals surface area contributed by atoms with Gasteiger partial charge in [0.1, 0.15) is 0 Å². The van der Waals surface area contributed by atoms with Crippen LogP contribution in [0.2, 0.25) is 0 Å². The highest BCUT2D eigenvalue weighted by molar-refractivity contribution is 7.80. The zero-order chi connectivity index (χ0) is 12.4. The van der Waals surface area contributed by atoms with Gasteiger partial charge in [0.25, 0.3) is 0 Å². The predicted octanol–water partition coefficient (Wildman–Crippen LogP) is 1.56. The van der Waals surface area contributed by atoms with Crippen LogP contribution >= 0.6 is 12.6 Å². The summed E-state index contributed by atoms with van der Waals surface area (Å²) < 4.78 is 5.46. The molecule has 3 nitrogen and oxygen atoms in total. The third kappa shape index (κ3) is 3.60. The van der Waals surface area contributed by atoms with Crippen molar-refractivity contribution in [2.75, 3.05) is 38.6 Å². The molecule has 0 aliphatic carbocycles. The molecule has 0 aromatic carbocycles. The van der Waals surface area contributed by atoms with E-state index in [-0.39, 0.29) is 0 Å². The van der Waals surface area contributed by atoms with Gasteiger partial charge in [0.2, 0.25) is 0 Å². The van der Waals surface area contributed by atoms with Crippen molar-refractivity contribution in [1.82, 2.24) is 4.90 Å². The van der Waals surface area contributed by atoms with E-state index < -0.39 is 5.60 Å². The third-order valence-electron chi connectivity index (χ3n) is 4.38. The minimum atomic E-state index is -0.444. The number of hydrogen-bond acceptors (Lipinski definition) is 4. The summed E-state index contributed by atoms with van der Waals surface area (Å²) in [5.41, 5.74) is -0.106. The molecular formula is C13H25NO2S. The first kappa shape index (κ1) is 13.7. The van der Waals surface area contributed by atoms with Gasteiger partial charge in [-0.05, 0) is 43.8 Å². The van der Waals surface area contributed by atoms with Gasteiger partial charge in [0.05, 0.1) is 5.60 Å². The van der Waals surface area contributed by atoms with Crippen LogP contribution in [0.15, 0.2) is 0 Å². The first-order valence-electron chi connectivity index (χ1n) is 6.69. The number of ether oxygens (including phenoxy) is 1. The first-order chi connectivity index (χ1) is 8.05. The van der Waals surface area contributed by atoms with Crippen molar-refractivity contribution >= 4 is 12.6 Å². The number of hydrogen-bond donors (Lipinski definition) is 2. The van der Waals surface area contributed by atoms with E-state index in [1.807, 2.05) is 6.92 Å². The molecule has 17 heavy (non-hydrogen) atoms. The zero-order valence-corrected chi connectivity index (χ0v) is 11.7. The van der Waals surface area contributed by atoms with Crippen molar-refractivity contribution in [3.05, 3.63) is 0 Å². The number of piperidine rings is 1. The van der Waals surface area contributed by atoms with Crippen molar-refractivity contribution < 1.29 is 9.84 Å². The van der Waals surface area contributed by atoms with E-state index in [1.54, 1.807) is 0 Å². The number of thiol groups is 1. The largest absolute Gasteiger partial charge is 0.390 e. The molecule has 0 saturated carbocycles. The summed E-state index contributed by atoms with van der Waals surface area (Å²) in [6.07, 6.45) is 4.05. The molecule has 2 heterocycles. The fraction of sp³-hybridized carbons (Fsp3) is 1.00. The molecule has 0 aromatic rings. The summed E-state index contributed by atoms with van der Waals surface area (Å²) in [6, 6.07) is 0. The van der Waals surface area contributed by atoms with E-state index in [1.165, 1.54) is 0 Å². The molecule has 2 saturated heterocycles. The summed E-state index contributed by atoms with van der Waals surface area (Å²) in [5.74, 6) is 0.948. The lowest BCUT2D eigenvalue weighted by Crippen LogP contribution is -2.48. The summed E-state index contributed by atoms with van der Waals surface area (Å²) >= 11 is 4.55. The lowest BCUT2D eigenvalue weighted by molar-refractivity contribution is -0.0328. The van der Waals surface area contributed by atoms with Crippen LogP contribution in [0.25, 0.3) is 0 Å². The molecule has 2 fully saturated rings. The molecule has 0 aromatic heterocycles. The highest BCUT2D eigenvalue weighted by atomic mass is 32.1. The summed E-state index contributed by atoms with van der Waals surface area (Å²) in [4.78, 5) is 2.50. The van der Waals surface area contributed by atoms with E-state index in [4.69, 9.17) is 4.74 Å². The predicted molar refractivity (Wildman–Crippen MR) is 72.6 cm³/mol. The second-order valence-electron chi connectivity index (χ2n) is 6.04. The molecule has 2 rings (SSSR count). The van der Waals surface area contributed by atoms with E-state index >= 15 is 0 Å². The van der Waals surface area contributed by atoms with Gasteiger partial charge in [-0.2, -0.15) is 12.6 Å². The average Bonchev–Trinajstić information content (AvgIpc) is 2.33. The van der Waals surface area contributed by atoms with Crippen LogP contribution < -0.4 is 0 Å². The molecule has 2 aliphatic heterocycles. The Labute approximate surface area is 110 Å². The average molecular weight is 259 g/mol. The van der Waals surface area contributed by atoms with Gasteiger partial charge < -0.3 is 14.7 Å². The van der Waals surface area contributed by atoms with Gasteiger partial charge >= 0.3 is 0 Å². The molecular weight excluding hydrogens is 234 g/mol. The summed E-state index contributed by atoms with van der Waals surface area (Å²) in [7, 11) is 0. The summed E-state index contributed by atoms with van der Waals surface area (Å²) in [6.45, 7) is 6.87. The van der Waals surface area contributed by atoms with E-state index in [9.17, 15) is 5.11 Å². The fourth-order valence-corrected chi connectivity index (χ4v) is 3.25. The lowest BCUT2D eigenvalue weighted by Gasteiger charge is -2.43. The van der Waals surface area contributed by atoms with Crippen molar-refractivity contribution in [3.8, 4) is 0 Å². The van der Waals surface area contributed by atoms with E-state index in [2.05, 4.69) is 17.5 Å². The lowest BCUT2D eigenvalue weighted by atomic mass is 9.80. The molecule has 1 N–H and O–H groups in total. The van der Waals surface area contributed by atoms with Gasteiger partial charge in [-0.25, -0.2) is 0 Å². The van der Waals surface area contributed by atoms with Gasteiger partial charge in [0.15, 0.2) is 0 Å². The molecule has 0 spiro atoms. The van der Waals surface area contributed by atoms with Crippen LogP contribution in [-0.2, 0) is 4.74 Å². The van der Waals surface area contributed by atoms with Gasteiger partial charge in [-0.1, -0.05) is 0 Å². The number of likely N-dealkylation sites (tertiary alicyclic amines) is 1. The maximum atomic E-state index is 9.96. The highest BCUT2D eigenvalue weighted by Crippen LogP contribution is 2.34. The number of rotatable bonds is 3. The first-order valence-corrected chi connectivity index (χ1v) is 7.32. The Kier molecular flexibility index (Phi) is 4.40. The quantitative estimate of drug-likeness (QED) is 0.755. The monoisotopic (exact) mass is 259 g/mol. The number of aliphatic hydroxyl groups is 1. The van der Waals surface area contributed by atoms with Crippen LogP contribution in [0, 0.1) is 5.41 Å². The Morgan fingerprint density at radius 2 is 1.76 bits per heavy atom. The van der Waals surface area contributed by atoms with Crippen molar-refractivity contribution in [2.24, 2.45) is 5.41 Å². The maximum Gasteiger partial charge on any atom is 0.0644 e. The molecule has 0 unspecified atom stereocenters. The smallest absolute Gasteiger partial charge is 0.0644 e. The fourth-order valence-electron chi connectivity index (χ4n) is 2.84. The molecule has 0 atom stereocenters. The standard InChI is InChI=1S/C13H25NO2S/c1-12(15)2-6-14(7-3-12)10-13(11-17)4-8-16-9-5-13/h15,17H,2-11H2,1H3. The highest BCUT2D eigenvalue weighted by Gasteiger charge is 2.35. The van der Waals surface area contributed by atoms with Gasteiger partial charge in [-0.15, -0.1) is 0 Å². The molecule has 0 bridgehead atoms. The zero-order valence-electron chi connectivity index (χ0n) is 10.8. The second-order valence-corrected chi connectivity index (χ2v) is 6.36. The Hall–Kier alpha value is 0.230. The molecule has 0 amide bonds. The molecule has 4 heteroatoms. The number of nitrogens with zero attached hydrogens (tertiary/aromatic N) is 1. The van der Waals surface area contributed by atoms with Crippen molar-refractivity contribution in [2.45, 2.75) is 38.2 Å². The molecule has 0 radical (unpaired) electrons. The second kappa shape index (κ2) is 5.47. The van der Waals surface area contributed by atoms with Crippen molar-refractivity contribution in [3.63, 3.8) is 0 Å². The molecule has 2 aliphatic rings. The van der Waals surface area contributed by atoms with Crippen molar-refractivity contribution in [1.29, 1.82) is 0 Å². The Morgan fingerprint density at radius 3 is 2.29 bits per heavy atom. The van der Waals surface area contributed by atoms with Crippen LogP contribution in [0.4, 0.5) is 0 Å². The minimum absolute atomic E-state index is 0.338. The van der Waals surface area contributed by atoms with Crippen LogP contribution in [0.3, 0.4) is 0 Å². The van der Waals surface area contributed by atoms with Crippen LogP contribution in [0.1, 0.15) is 32.6 Å². The molecule has 100 valence electrons.